The van der Waals surface area contributed by atoms with Gasteiger partial charge in [-0.3, -0.25) is 19.7 Å². The normalized spacial score (nSPS) is 13.5. The topological polar surface area (TPSA) is 93.0 Å². The lowest BCUT2D eigenvalue weighted by atomic mass is 10.0. The number of amides is 2. The summed E-state index contributed by atoms with van der Waals surface area (Å²) in [7, 11) is 3.25. The van der Waals surface area contributed by atoms with Gasteiger partial charge in [-0.05, 0) is 35.4 Å². The number of non-ortho nitro benzene ring substituents is 1. The van der Waals surface area contributed by atoms with Crippen LogP contribution in [0.1, 0.15) is 11.1 Å². The fourth-order valence-corrected chi connectivity index (χ4v) is 3.80. The molecule has 0 unspecified atom stereocenters. The summed E-state index contributed by atoms with van der Waals surface area (Å²) in [5.74, 6) is -0.465. The molecule has 1 heterocycles. The van der Waals surface area contributed by atoms with Crippen molar-refractivity contribution < 1.29 is 19.2 Å². The van der Waals surface area contributed by atoms with Crippen LogP contribution in [-0.4, -0.2) is 35.8 Å². The molecule has 0 spiro atoms. The molecule has 0 radical (unpaired) electrons. The first-order valence-corrected chi connectivity index (χ1v) is 10.2. The van der Waals surface area contributed by atoms with E-state index in [4.69, 9.17) is 4.74 Å². The Bertz CT molecular complexity index is 1250. The predicted molar refractivity (Wildman–Crippen MR) is 123 cm³/mol. The molecule has 0 atom stereocenters. The zero-order valence-corrected chi connectivity index (χ0v) is 18.1. The third kappa shape index (κ3) is 4.18. The molecule has 0 N–H and O–H groups in total. The smallest absolute Gasteiger partial charge is 0.282 e. The van der Waals surface area contributed by atoms with Gasteiger partial charge in [0, 0.05) is 31.8 Å². The Kier molecular flexibility index (Phi) is 5.91. The van der Waals surface area contributed by atoms with Gasteiger partial charge >= 0.3 is 0 Å². The summed E-state index contributed by atoms with van der Waals surface area (Å²) in [6.07, 6.45) is 0. The fourth-order valence-electron chi connectivity index (χ4n) is 3.80. The Morgan fingerprint density at radius 1 is 0.939 bits per heavy atom. The molecule has 8 nitrogen and oxygen atoms in total. The first-order valence-electron chi connectivity index (χ1n) is 10.2. The quantitative estimate of drug-likeness (QED) is 0.311. The molecule has 0 bridgehead atoms. The number of likely N-dealkylation sites (N-methyl/N-ethyl adjacent to an activating group) is 1. The van der Waals surface area contributed by atoms with Crippen molar-refractivity contribution in [1.82, 2.24) is 4.90 Å². The zero-order chi connectivity index (χ0) is 23.5. The van der Waals surface area contributed by atoms with Crippen molar-refractivity contribution in [2.24, 2.45) is 0 Å². The lowest BCUT2D eigenvalue weighted by Crippen LogP contribution is -2.34. The Balaban J connectivity index is 1.80. The number of methoxy groups -OCH3 is 1. The van der Waals surface area contributed by atoms with Crippen LogP contribution in [0.5, 0.6) is 5.75 Å². The van der Waals surface area contributed by atoms with Gasteiger partial charge in [-0.25, -0.2) is 4.90 Å². The van der Waals surface area contributed by atoms with Crippen LogP contribution in [0.15, 0.2) is 84.6 Å². The minimum absolute atomic E-state index is 0.0973. The third-order valence-corrected chi connectivity index (χ3v) is 5.38. The SMILES string of the molecule is COc1cccc(N2C(=O)C(c3ccc([N+](=O)[O-])cc3)=C(N(C)Cc3ccccc3)C2=O)c1. The molecule has 2 amide bonds. The number of rotatable bonds is 7. The molecule has 8 heteroatoms. The van der Waals surface area contributed by atoms with Gasteiger partial charge in [0.05, 0.1) is 23.3 Å². The molecule has 0 aromatic heterocycles. The maximum atomic E-state index is 13.6. The summed E-state index contributed by atoms with van der Waals surface area (Å²) >= 11 is 0. The van der Waals surface area contributed by atoms with Crippen molar-refractivity contribution in [2.45, 2.75) is 6.54 Å². The summed E-state index contributed by atoms with van der Waals surface area (Å²) in [5, 5.41) is 11.1. The molecule has 3 aromatic rings. The molecule has 1 aliphatic rings. The molecule has 0 saturated carbocycles. The van der Waals surface area contributed by atoms with E-state index < -0.39 is 16.7 Å². The average Bonchev–Trinajstić information content (AvgIpc) is 3.09. The van der Waals surface area contributed by atoms with Crippen molar-refractivity contribution in [3.63, 3.8) is 0 Å². The van der Waals surface area contributed by atoms with Gasteiger partial charge in [0.15, 0.2) is 0 Å². The van der Waals surface area contributed by atoms with Gasteiger partial charge in [0.1, 0.15) is 11.4 Å². The molecule has 166 valence electrons. The first-order chi connectivity index (χ1) is 15.9. The fraction of sp³-hybridized carbons (Fsp3) is 0.120. The highest BCUT2D eigenvalue weighted by Crippen LogP contribution is 2.36. The van der Waals surface area contributed by atoms with Crippen molar-refractivity contribution in [3.05, 3.63) is 106 Å². The van der Waals surface area contributed by atoms with Crippen molar-refractivity contribution >= 4 is 28.8 Å². The van der Waals surface area contributed by atoms with E-state index in [0.29, 0.717) is 23.5 Å². The number of nitro benzene ring substituents is 1. The molecular formula is C25H21N3O5. The molecule has 33 heavy (non-hydrogen) atoms. The summed E-state index contributed by atoms with van der Waals surface area (Å²) in [4.78, 5) is 40.5. The summed E-state index contributed by atoms with van der Waals surface area (Å²) < 4.78 is 5.25. The second kappa shape index (κ2) is 8.96. The van der Waals surface area contributed by atoms with Crippen LogP contribution >= 0.6 is 0 Å². The summed E-state index contributed by atoms with van der Waals surface area (Å²) in [6.45, 7) is 0.400. The number of hydrogen-bond acceptors (Lipinski definition) is 6. The average molecular weight is 443 g/mol. The van der Waals surface area contributed by atoms with Gasteiger partial charge in [-0.1, -0.05) is 36.4 Å². The monoisotopic (exact) mass is 443 g/mol. The van der Waals surface area contributed by atoms with Gasteiger partial charge < -0.3 is 9.64 Å². The van der Waals surface area contributed by atoms with Crippen LogP contribution in [0.25, 0.3) is 5.57 Å². The van der Waals surface area contributed by atoms with Gasteiger partial charge in [-0.15, -0.1) is 0 Å². The number of nitrogens with zero attached hydrogens (tertiary/aromatic N) is 3. The highest BCUT2D eigenvalue weighted by Gasteiger charge is 2.42. The number of nitro groups is 1. The van der Waals surface area contributed by atoms with E-state index in [1.165, 1.54) is 31.4 Å². The number of carbonyl (C=O) groups excluding carboxylic acids is 2. The van der Waals surface area contributed by atoms with Crippen LogP contribution in [0, 0.1) is 10.1 Å². The van der Waals surface area contributed by atoms with Crippen LogP contribution in [0.3, 0.4) is 0 Å². The molecule has 3 aromatic carbocycles. The van der Waals surface area contributed by atoms with Gasteiger partial charge in [0.25, 0.3) is 17.5 Å². The number of anilines is 1. The van der Waals surface area contributed by atoms with E-state index in [1.54, 1.807) is 36.2 Å². The van der Waals surface area contributed by atoms with E-state index in [1.807, 2.05) is 30.3 Å². The Hall–Kier alpha value is -4.46. The second-order valence-corrected chi connectivity index (χ2v) is 7.52. The van der Waals surface area contributed by atoms with E-state index in [-0.39, 0.29) is 17.0 Å². The van der Waals surface area contributed by atoms with Crippen molar-refractivity contribution in [2.75, 3.05) is 19.1 Å². The molecule has 1 aliphatic heterocycles. The molecule has 0 saturated heterocycles. The van der Waals surface area contributed by atoms with E-state index in [9.17, 15) is 19.7 Å². The van der Waals surface area contributed by atoms with Crippen LogP contribution in [0.4, 0.5) is 11.4 Å². The number of benzene rings is 3. The predicted octanol–water partition coefficient (Wildman–Crippen LogP) is 4.02. The number of hydrogen-bond donors (Lipinski definition) is 0. The van der Waals surface area contributed by atoms with Crippen LogP contribution < -0.4 is 9.64 Å². The Morgan fingerprint density at radius 3 is 2.27 bits per heavy atom. The van der Waals surface area contributed by atoms with Crippen LogP contribution in [0.2, 0.25) is 0 Å². The number of carbonyl (C=O) groups is 2. The van der Waals surface area contributed by atoms with Crippen molar-refractivity contribution in [1.29, 1.82) is 0 Å². The number of ether oxygens (including phenoxy) is 1. The van der Waals surface area contributed by atoms with E-state index in [2.05, 4.69) is 0 Å². The lowest BCUT2D eigenvalue weighted by molar-refractivity contribution is -0.384. The minimum atomic E-state index is -0.509. The second-order valence-electron chi connectivity index (χ2n) is 7.52. The highest BCUT2D eigenvalue weighted by atomic mass is 16.6. The Labute approximate surface area is 190 Å². The van der Waals surface area contributed by atoms with Crippen molar-refractivity contribution in [3.8, 4) is 5.75 Å². The minimum Gasteiger partial charge on any atom is -0.497 e. The van der Waals surface area contributed by atoms with Gasteiger partial charge in [0.2, 0.25) is 0 Å². The molecular weight excluding hydrogens is 422 g/mol. The summed E-state index contributed by atoms with van der Waals surface area (Å²) in [6, 6.07) is 21.9. The largest absolute Gasteiger partial charge is 0.497 e. The molecule has 0 fully saturated rings. The van der Waals surface area contributed by atoms with E-state index >= 15 is 0 Å². The number of imide groups is 1. The maximum absolute atomic E-state index is 13.6. The van der Waals surface area contributed by atoms with Crippen LogP contribution in [-0.2, 0) is 16.1 Å². The van der Waals surface area contributed by atoms with Gasteiger partial charge in [-0.2, -0.15) is 0 Å². The standard InChI is InChI=1S/C25H21N3O5/c1-26(16-17-7-4-3-5-8-17)23-22(18-11-13-19(14-12-18)28(31)32)24(29)27(25(23)30)20-9-6-10-21(15-20)33-2/h3-15H,16H2,1-2H3. The molecule has 4 rings (SSSR count). The summed E-state index contributed by atoms with van der Waals surface area (Å²) in [5.41, 5.74) is 2.10. The highest BCUT2D eigenvalue weighted by molar-refractivity contribution is 6.45. The Morgan fingerprint density at radius 2 is 1.64 bits per heavy atom. The van der Waals surface area contributed by atoms with E-state index in [0.717, 1.165) is 10.5 Å². The lowest BCUT2D eigenvalue weighted by Gasteiger charge is -2.21. The zero-order valence-electron chi connectivity index (χ0n) is 18.1. The maximum Gasteiger partial charge on any atom is 0.282 e. The third-order valence-electron chi connectivity index (χ3n) is 5.38. The first kappa shape index (κ1) is 21.8. The molecule has 0 aliphatic carbocycles.